The van der Waals surface area contributed by atoms with Gasteiger partial charge in [0.2, 0.25) is 5.91 Å². The summed E-state index contributed by atoms with van der Waals surface area (Å²) in [6.07, 6.45) is 2.05. The van der Waals surface area contributed by atoms with Crippen LogP contribution in [0.5, 0.6) is 0 Å². The van der Waals surface area contributed by atoms with Crippen molar-refractivity contribution in [2.24, 2.45) is 5.92 Å². The Morgan fingerprint density at radius 3 is 2.45 bits per heavy atom. The van der Waals surface area contributed by atoms with E-state index in [0.29, 0.717) is 26.1 Å². The molecule has 0 aliphatic carbocycles. The van der Waals surface area contributed by atoms with Crippen LogP contribution in [0.15, 0.2) is 30.3 Å². The van der Waals surface area contributed by atoms with Crippen LogP contribution in [0.3, 0.4) is 0 Å². The van der Waals surface area contributed by atoms with Gasteiger partial charge in [0.1, 0.15) is 6.04 Å². The Hall–Kier alpha value is -1.88. The molecule has 2 rings (SSSR count). The molecule has 1 aliphatic rings. The molecular formula is C17H24N2O3. The number of carbonyl (C=O) groups excluding carboxylic acids is 1. The third kappa shape index (κ3) is 4.31. The van der Waals surface area contributed by atoms with E-state index < -0.39 is 12.0 Å². The first kappa shape index (κ1) is 16.5. The molecule has 0 spiro atoms. The van der Waals surface area contributed by atoms with Crippen molar-refractivity contribution in [3.8, 4) is 0 Å². The number of hydrogen-bond acceptors (Lipinski definition) is 3. The second-order valence-electron chi connectivity index (χ2n) is 5.78. The summed E-state index contributed by atoms with van der Waals surface area (Å²) in [5.74, 6) is -0.701. The van der Waals surface area contributed by atoms with Gasteiger partial charge in [-0.05, 0) is 37.9 Å². The van der Waals surface area contributed by atoms with Crippen molar-refractivity contribution in [3.63, 3.8) is 0 Å². The lowest BCUT2D eigenvalue weighted by Gasteiger charge is -2.34. The van der Waals surface area contributed by atoms with E-state index in [-0.39, 0.29) is 11.8 Å². The number of piperidine rings is 1. The summed E-state index contributed by atoms with van der Waals surface area (Å²) in [4.78, 5) is 25.4. The Morgan fingerprint density at radius 2 is 1.91 bits per heavy atom. The van der Waals surface area contributed by atoms with Gasteiger partial charge in [-0.3, -0.25) is 14.5 Å². The summed E-state index contributed by atoms with van der Waals surface area (Å²) in [5.41, 5.74) is 1.09. The highest BCUT2D eigenvalue weighted by Gasteiger charge is 2.30. The van der Waals surface area contributed by atoms with E-state index in [0.717, 1.165) is 18.4 Å². The third-order valence-corrected chi connectivity index (χ3v) is 4.32. The Balaban J connectivity index is 1.78. The molecule has 1 aliphatic heterocycles. The van der Waals surface area contributed by atoms with Gasteiger partial charge in [-0.15, -0.1) is 0 Å². The summed E-state index contributed by atoms with van der Waals surface area (Å²) in [7, 11) is 0. The van der Waals surface area contributed by atoms with Crippen molar-refractivity contribution >= 4 is 11.9 Å². The summed E-state index contributed by atoms with van der Waals surface area (Å²) in [6, 6.07) is 9.41. The van der Waals surface area contributed by atoms with Gasteiger partial charge in [0.05, 0.1) is 0 Å². The minimum atomic E-state index is -0.769. The molecular weight excluding hydrogens is 280 g/mol. The summed E-state index contributed by atoms with van der Waals surface area (Å²) in [5, 5.41) is 12.2. The third-order valence-electron chi connectivity index (χ3n) is 4.32. The van der Waals surface area contributed by atoms with Gasteiger partial charge in [-0.2, -0.15) is 0 Å². The van der Waals surface area contributed by atoms with E-state index in [9.17, 15) is 14.7 Å². The maximum Gasteiger partial charge on any atom is 0.320 e. The first-order valence-electron chi connectivity index (χ1n) is 7.90. The van der Waals surface area contributed by atoms with Crippen LogP contribution in [-0.4, -0.2) is 41.0 Å². The quantitative estimate of drug-likeness (QED) is 0.842. The summed E-state index contributed by atoms with van der Waals surface area (Å²) >= 11 is 0. The molecule has 1 aromatic rings. The van der Waals surface area contributed by atoms with Crippen molar-refractivity contribution in [3.05, 3.63) is 35.9 Å². The average molecular weight is 304 g/mol. The summed E-state index contributed by atoms with van der Waals surface area (Å²) < 4.78 is 0. The molecule has 120 valence electrons. The predicted octanol–water partition coefficient (Wildman–Crippen LogP) is 1.88. The monoisotopic (exact) mass is 304 g/mol. The first-order valence-corrected chi connectivity index (χ1v) is 7.90. The van der Waals surface area contributed by atoms with Crippen LogP contribution >= 0.6 is 0 Å². The molecule has 5 nitrogen and oxygen atoms in total. The number of carboxylic acid groups (broad SMARTS) is 1. The standard InChI is InChI=1S/C17H24N2O3/c1-2-15(17(21)22)19-10-8-14(9-11-19)16(20)18-12-13-6-4-3-5-7-13/h3-7,14-15H,2,8-12H2,1H3,(H,18,20)(H,21,22). The molecule has 1 heterocycles. The number of amides is 1. The topological polar surface area (TPSA) is 69.6 Å². The number of carbonyl (C=O) groups is 2. The van der Waals surface area contributed by atoms with Crippen LogP contribution in [0.1, 0.15) is 31.7 Å². The molecule has 2 N–H and O–H groups in total. The minimum Gasteiger partial charge on any atom is -0.480 e. The SMILES string of the molecule is CCC(C(=O)O)N1CCC(C(=O)NCc2ccccc2)CC1. The zero-order valence-electron chi connectivity index (χ0n) is 13.0. The first-order chi connectivity index (χ1) is 10.6. The van der Waals surface area contributed by atoms with Crippen molar-refractivity contribution < 1.29 is 14.7 Å². The van der Waals surface area contributed by atoms with Crippen molar-refractivity contribution in [2.75, 3.05) is 13.1 Å². The lowest BCUT2D eigenvalue weighted by atomic mass is 9.94. The van der Waals surface area contributed by atoms with Gasteiger partial charge >= 0.3 is 5.97 Å². The normalized spacial score (nSPS) is 17.9. The minimum absolute atomic E-state index is 0.00809. The van der Waals surface area contributed by atoms with Gasteiger partial charge in [0, 0.05) is 12.5 Å². The highest BCUT2D eigenvalue weighted by molar-refractivity contribution is 5.79. The number of nitrogens with one attached hydrogen (secondary N) is 1. The van der Waals surface area contributed by atoms with Crippen LogP contribution in [0.25, 0.3) is 0 Å². The number of hydrogen-bond donors (Lipinski definition) is 2. The molecule has 1 atom stereocenters. The fraction of sp³-hybridized carbons (Fsp3) is 0.529. The highest BCUT2D eigenvalue weighted by Crippen LogP contribution is 2.20. The number of aliphatic carboxylic acids is 1. The lowest BCUT2D eigenvalue weighted by molar-refractivity contribution is -0.144. The largest absolute Gasteiger partial charge is 0.480 e. The maximum absolute atomic E-state index is 12.2. The van der Waals surface area contributed by atoms with Crippen molar-refractivity contribution in [1.29, 1.82) is 0 Å². The van der Waals surface area contributed by atoms with Gasteiger partial charge < -0.3 is 10.4 Å². The molecule has 5 heteroatoms. The van der Waals surface area contributed by atoms with Gasteiger partial charge in [-0.1, -0.05) is 37.3 Å². The van der Waals surface area contributed by atoms with E-state index in [2.05, 4.69) is 5.32 Å². The van der Waals surface area contributed by atoms with E-state index in [1.54, 1.807) is 0 Å². The Bertz CT molecular complexity index is 496. The zero-order valence-corrected chi connectivity index (χ0v) is 13.0. The number of rotatable bonds is 6. The molecule has 0 radical (unpaired) electrons. The molecule has 0 aromatic heterocycles. The van der Waals surface area contributed by atoms with Crippen LogP contribution < -0.4 is 5.32 Å². The Kier molecular flexibility index (Phi) is 5.95. The van der Waals surface area contributed by atoms with E-state index in [1.807, 2.05) is 42.2 Å². The molecule has 22 heavy (non-hydrogen) atoms. The number of carboxylic acids is 1. The molecule has 0 bridgehead atoms. The molecule has 0 saturated carbocycles. The van der Waals surface area contributed by atoms with Crippen LogP contribution in [0.4, 0.5) is 0 Å². The second kappa shape index (κ2) is 7.94. The van der Waals surface area contributed by atoms with E-state index in [4.69, 9.17) is 0 Å². The molecule has 1 saturated heterocycles. The second-order valence-corrected chi connectivity index (χ2v) is 5.78. The fourth-order valence-electron chi connectivity index (χ4n) is 2.99. The average Bonchev–Trinajstić information content (AvgIpc) is 2.54. The molecule has 1 fully saturated rings. The van der Waals surface area contributed by atoms with Crippen molar-refractivity contribution in [2.45, 2.75) is 38.8 Å². The molecule has 1 amide bonds. The van der Waals surface area contributed by atoms with Crippen molar-refractivity contribution in [1.82, 2.24) is 10.2 Å². The molecule has 1 unspecified atom stereocenters. The lowest BCUT2D eigenvalue weighted by Crippen LogP contribution is -2.47. The highest BCUT2D eigenvalue weighted by atomic mass is 16.4. The van der Waals surface area contributed by atoms with Crippen LogP contribution in [-0.2, 0) is 16.1 Å². The number of nitrogens with zero attached hydrogens (tertiary/aromatic N) is 1. The fourth-order valence-corrected chi connectivity index (χ4v) is 2.99. The Labute approximate surface area is 131 Å². The van der Waals surface area contributed by atoms with E-state index in [1.165, 1.54) is 0 Å². The number of benzene rings is 1. The van der Waals surface area contributed by atoms with Gasteiger partial charge in [-0.25, -0.2) is 0 Å². The smallest absolute Gasteiger partial charge is 0.320 e. The maximum atomic E-state index is 12.2. The van der Waals surface area contributed by atoms with Crippen LogP contribution in [0.2, 0.25) is 0 Å². The Morgan fingerprint density at radius 1 is 1.27 bits per heavy atom. The van der Waals surface area contributed by atoms with Gasteiger partial charge in [0.15, 0.2) is 0 Å². The zero-order chi connectivity index (χ0) is 15.9. The molecule has 1 aromatic carbocycles. The van der Waals surface area contributed by atoms with Crippen LogP contribution in [0, 0.1) is 5.92 Å². The number of likely N-dealkylation sites (tertiary alicyclic amines) is 1. The van der Waals surface area contributed by atoms with Gasteiger partial charge in [0.25, 0.3) is 0 Å². The summed E-state index contributed by atoms with van der Waals surface area (Å²) in [6.45, 7) is 3.78. The van der Waals surface area contributed by atoms with E-state index >= 15 is 0 Å². The predicted molar refractivity (Wildman–Crippen MR) is 84.3 cm³/mol.